The van der Waals surface area contributed by atoms with E-state index in [2.05, 4.69) is 119 Å². The highest BCUT2D eigenvalue weighted by molar-refractivity contribution is 7.26. The molecule has 2 nitrogen and oxygen atoms in total. The average Bonchev–Trinajstić information content (AvgIpc) is 3.37. The molecule has 3 heteroatoms. The Balaban J connectivity index is 1.49. The van der Waals surface area contributed by atoms with Crippen molar-refractivity contribution >= 4 is 31.5 Å². The van der Waals surface area contributed by atoms with Gasteiger partial charge in [0.15, 0.2) is 0 Å². The molecule has 3 aromatic heterocycles. The lowest BCUT2D eigenvalue weighted by molar-refractivity contribution is 1.33. The minimum absolute atomic E-state index is 1.15. The minimum atomic E-state index is 1.15. The SMILES string of the molecule is c1ccc(-c2cccc3c2sc2c(-c4cc(-c5ccncc5)cc(-c5ccncc5)c4)cccc23)cc1. The quantitative estimate of drug-likeness (QED) is 0.245. The van der Waals surface area contributed by atoms with E-state index in [9.17, 15) is 0 Å². The molecule has 0 saturated carbocycles. The molecule has 0 aliphatic heterocycles. The summed E-state index contributed by atoms with van der Waals surface area (Å²) >= 11 is 1.89. The summed E-state index contributed by atoms with van der Waals surface area (Å²) in [7, 11) is 0. The van der Waals surface area contributed by atoms with Crippen LogP contribution < -0.4 is 0 Å². The van der Waals surface area contributed by atoms with Crippen molar-refractivity contribution in [3.63, 3.8) is 0 Å². The van der Waals surface area contributed by atoms with Crippen molar-refractivity contribution in [2.45, 2.75) is 0 Å². The Bertz CT molecular complexity index is 1800. The first-order valence-electron chi connectivity index (χ1n) is 12.3. The number of hydrogen-bond acceptors (Lipinski definition) is 3. The maximum Gasteiger partial charge on any atom is 0.0434 e. The first-order chi connectivity index (χ1) is 18.3. The van der Waals surface area contributed by atoms with Gasteiger partial charge in [-0.3, -0.25) is 9.97 Å². The van der Waals surface area contributed by atoms with Crippen LogP contribution in [0.5, 0.6) is 0 Å². The molecule has 0 amide bonds. The molecule has 0 fully saturated rings. The largest absolute Gasteiger partial charge is 0.265 e. The van der Waals surface area contributed by atoms with Gasteiger partial charge in [-0.15, -0.1) is 11.3 Å². The summed E-state index contributed by atoms with van der Waals surface area (Å²) in [5.41, 5.74) is 9.66. The summed E-state index contributed by atoms with van der Waals surface area (Å²) in [6, 6.07) is 39.2. The Hall–Kier alpha value is -4.60. The predicted molar refractivity (Wildman–Crippen MR) is 157 cm³/mol. The lowest BCUT2D eigenvalue weighted by Crippen LogP contribution is -1.87. The molecule has 0 bridgehead atoms. The van der Waals surface area contributed by atoms with Crippen LogP contribution in [0, 0.1) is 0 Å². The van der Waals surface area contributed by atoms with Gasteiger partial charge < -0.3 is 0 Å². The van der Waals surface area contributed by atoms with Crippen molar-refractivity contribution in [2.75, 3.05) is 0 Å². The first-order valence-corrected chi connectivity index (χ1v) is 13.1. The molecule has 7 aromatic rings. The van der Waals surface area contributed by atoms with E-state index in [-0.39, 0.29) is 0 Å². The van der Waals surface area contributed by atoms with E-state index in [1.807, 2.05) is 36.1 Å². The number of benzene rings is 4. The fraction of sp³-hybridized carbons (Fsp3) is 0. The van der Waals surface area contributed by atoms with E-state index in [1.165, 1.54) is 53.6 Å². The Morgan fingerprint density at radius 3 is 1.41 bits per heavy atom. The highest BCUT2D eigenvalue weighted by Crippen LogP contribution is 2.44. The third-order valence-electron chi connectivity index (χ3n) is 6.88. The van der Waals surface area contributed by atoms with Crippen LogP contribution in [0.1, 0.15) is 0 Å². The van der Waals surface area contributed by atoms with Crippen LogP contribution in [0.2, 0.25) is 0 Å². The summed E-state index contributed by atoms with van der Waals surface area (Å²) in [4.78, 5) is 8.45. The maximum absolute atomic E-state index is 4.22. The molecule has 0 spiro atoms. The number of hydrogen-bond donors (Lipinski definition) is 0. The number of fused-ring (bicyclic) bond motifs is 3. The molecular formula is C34H22N2S. The third kappa shape index (κ3) is 3.90. The summed E-state index contributed by atoms with van der Waals surface area (Å²) in [6.45, 7) is 0. The van der Waals surface area contributed by atoms with Gasteiger partial charge >= 0.3 is 0 Å². The average molecular weight is 491 g/mol. The molecular weight excluding hydrogens is 468 g/mol. The second-order valence-electron chi connectivity index (χ2n) is 9.10. The number of aromatic nitrogens is 2. The van der Waals surface area contributed by atoms with E-state index in [0.717, 1.165) is 11.1 Å². The Labute approximate surface area is 219 Å². The topological polar surface area (TPSA) is 25.8 Å². The molecule has 0 radical (unpaired) electrons. The van der Waals surface area contributed by atoms with Crippen molar-refractivity contribution in [3.05, 3.63) is 134 Å². The first kappa shape index (κ1) is 21.7. The zero-order valence-corrected chi connectivity index (χ0v) is 20.8. The molecule has 174 valence electrons. The van der Waals surface area contributed by atoms with Crippen LogP contribution in [0.25, 0.3) is 64.7 Å². The van der Waals surface area contributed by atoms with Gasteiger partial charge in [0.1, 0.15) is 0 Å². The third-order valence-corrected chi connectivity index (χ3v) is 8.17. The van der Waals surface area contributed by atoms with Gasteiger partial charge in [-0.2, -0.15) is 0 Å². The Kier molecular flexibility index (Phi) is 5.34. The lowest BCUT2D eigenvalue weighted by Gasteiger charge is -2.12. The van der Waals surface area contributed by atoms with Crippen molar-refractivity contribution in [1.29, 1.82) is 0 Å². The molecule has 0 N–H and O–H groups in total. The standard InChI is InChI=1S/C34H22N2S/c1-2-6-25(7-3-1)29-8-4-10-31-32-11-5-9-30(34(32)37-33(29)31)28-21-26(23-12-16-35-17-13-23)20-27(22-28)24-14-18-36-19-15-24/h1-22H. The van der Waals surface area contributed by atoms with Crippen molar-refractivity contribution in [2.24, 2.45) is 0 Å². The lowest BCUT2D eigenvalue weighted by atomic mass is 9.93. The second kappa shape index (κ2) is 9.12. The smallest absolute Gasteiger partial charge is 0.0434 e. The van der Waals surface area contributed by atoms with Gasteiger partial charge in [0.05, 0.1) is 0 Å². The molecule has 3 heterocycles. The highest BCUT2D eigenvalue weighted by Gasteiger charge is 2.15. The summed E-state index contributed by atoms with van der Waals surface area (Å²) in [6.07, 6.45) is 7.41. The summed E-state index contributed by atoms with van der Waals surface area (Å²) in [5.74, 6) is 0. The van der Waals surface area contributed by atoms with Crippen molar-refractivity contribution in [1.82, 2.24) is 9.97 Å². The van der Waals surface area contributed by atoms with Gasteiger partial charge in [-0.25, -0.2) is 0 Å². The zero-order valence-electron chi connectivity index (χ0n) is 20.0. The Morgan fingerprint density at radius 2 is 0.865 bits per heavy atom. The molecule has 0 unspecified atom stereocenters. The fourth-order valence-electron chi connectivity index (χ4n) is 5.10. The highest BCUT2D eigenvalue weighted by atomic mass is 32.1. The van der Waals surface area contributed by atoms with Gasteiger partial charge in [0, 0.05) is 45.0 Å². The normalized spacial score (nSPS) is 11.2. The number of nitrogens with zero attached hydrogens (tertiary/aromatic N) is 2. The number of thiophene rings is 1. The van der Waals surface area contributed by atoms with Crippen LogP contribution in [-0.4, -0.2) is 9.97 Å². The number of pyridine rings is 2. The molecule has 0 saturated heterocycles. The molecule has 7 rings (SSSR count). The molecule has 0 aliphatic rings. The van der Waals surface area contributed by atoms with Crippen LogP contribution in [0.4, 0.5) is 0 Å². The monoisotopic (exact) mass is 490 g/mol. The van der Waals surface area contributed by atoms with Crippen molar-refractivity contribution in [3.8, 4) is 44.5 Å². The minimum Gasteiger partial charge on any atom is -0.265 e. The van der Waals surface area contributed by atoms with E-state index in [4.69, 9.17) is 0 Å². The predicted octanol–water partition coefficient (Wildman–Crippen LogP) is 9.51. The van der Waals surface area contributed by atoms with Crippen LogP contribution in [-0.2, 0) is 0 Å². The molecule has 37 heavy (non-hydrogen) atoms. The Morgan fingerprint density at radius 1 is 0.378 bits per heavy atom. The van der Waals surface area contributed by atoms with E-state index < -0.39 is 0 Å². The van der Waals surface area contributed by atoms with Gasteiger partial charge in [-0.1, -0.05) is 66.7 Å². The van der Waals surface area contributed by atoms with Crippen molar-refractivity contribution < 1.29 is 0 Å². The number of rotatable bonds is 4. The van der Waals surface area contributed by atoms with Gasteiger partial charge in [0.2, 0.25) is 0 Å². The van der Waals surface area contributed by atoms with E-state index in [1.54, 1.807) is 0 Å². The van der Waals surface area contributed by atoms with Crippen LogP contribution in [0.15, 0.2) is 134 Å². The van der Waals surface area contributed by atoms with Crippen LogP contribution >= 0.6 is 11.3 Å². The van der Waals surface area contributed by atoms with Crippen LogP contribution in [0.3, 0.4) is 0 Å². The van der Waals surface area contributed by atoms with Gasteiger partial charge in [0.25, 0.3) is 0 Å². The maximum atomic E-state index is 4.22. The molecule has 0 atom stereocenters. The summed E-state index contributed by atoms with van der Waals surface area (Å²) < 4.78 is 2.64. The molecule has 0 aliphatic carbocycles. The fourth-order valence-corrected chi connectivity index (χ4v) is 6.47. The van der Waals surface area contributed by atoms with Gasteiger partial charge in [-0.05, 0) is 87.0 Å². The molecule has 4 aromatic carbocycles. The second-order valence-corrected chi connectivity index (χ2v) is 10.1. The van der Waals surface area contributed by atoms with E-state index in [0.29, 0.717) is 0 Å². The summed E-state index contributed by atoms with van der Waals surface area (Å²) in [5, 5.41) is 2.61. The van der Waals surface area contributed by atoms with E-state index >= 15 is 0 Å². The zero-order chi connectivity index (χ0) is 24.6.